The first-order valence-electron chi connectivity index (χ1n) is 8.13. The second-order valence-corrected chi connectivity index (χ2v) is 5.80. The van der Waals surface area contributed by atoms with Crippen LogP contribution in [0.1, 0.15) is 24.3 Å². The Morgan fingerprint density at radius 1 is 1.32 bits per heavy atom. The third-order valence-electron chi connectivity index (χ3n) is 4.11. The van der Waals surface area contributed by atoms with Crippen molar-refractivity contribution in [1.29, 1.82) is 0 Å². The quantitative estimate of drug-likeness (QED) is 0.747. The molecule has 3 rings (SSSR count). The normalized spacial score (nSPS) is 11.9. The van der Waals surface area contributed by atoms with Crippen LogP contribution in [0.2, 0.25) is 0 Å². The maximum Gasteiger partial charge on any atom is 0.323 e. The third kappa shape index (κ3) is 4.26. The summed E-state index contributed by atoms with van der Waals surface area (Å²) in [5.41, 5.74) is 1.20. The highest BCUT2D eigenvalue weighted by molar-refractivity contribution is 5.88. The number of carbonyl (C=O) groups is 1. The molecule has 3 heterocycles. The molecule has 130 valence electrons. The van der Waals surface area contributed by atoms with Crippen LogP contribution in [0.15, 0.2) is 59.6 Å². The number of carbonyl (C=O) groups excluding carboxylic acids is 1. The summed E-state index contributed by atoms with van der Waals surface area (Å²) in [6.07, 6.45) is 7.86. The molecular formula is C18H21N5O2. The second-order valence-electron chi connectivity index (χ2n) is 5.80. The Labute approximate surface area is 146 Å². The monoisotopic (exact) mass is 339 g/mol. The van der Waals surface area contributed by atoms with Crippen LogP contribution in [0.5, 0.6) is 0 Å². The standard InChI is InChI=1S/C18H21N5O2/c1-14(16-4-3-13-25-16)22(2)18(24)20-17-8-12-23(21-17)11-7-15-5-9-19-10-6-15/h3-6,8-10,12-14H,7,11H2,1-2H3,(H,20,21,24). The highest BCUT2D eigenvalue weighted by Gasteiger charge is 2.20. The van der Waals surface area contributed by atoms with Crippen LogP contribution in [0.4, 0.5) is 10.6 Å². The van der Waals surface area contributed by atoms with E-state index < -0.39 is 0 Å². The van der Waals surface area contributed by atoms with E-state index in [-0.39, 0.29) is 12.1 Å². The molecule has 0 aliphatic heterocycles. The zero-order valence-electron chi connectivity index (χ0n) is 14.3. The van der Waals surface area contributed by atoms with Crippen molar-refractivity contribution >= 4 is 11.8 Å². The zero-order valence-corrected chi connectivity index (χ0v) is 14.3. The van der Waals surface area contributed by atoms with Crippen LogP contribution in [-0.4, -0.2) is 32.7 Å². The van der Waals surface area contributed by atoms with Crippen LogP contribution in [0.25, 0.3) is 0 Å². The van der Waals surface area contributed by atoms with Gasteiger partial charge in [0.1, 0.15) is 5.76 Å². The minimum Gasteiger partial charge on any atom is -0.467 e. The van der Waals surface area contributed by atoms with Gasteiger partial charge in [-0.15, -0.1) is 0 Å². The van der Waals surface area contributed by atoms with Crippen LogP contribution < -0.4 is 5.32 Å². The summed E-state index contributed by atoms with van der Waals surface area (Å²) >= 11 is 0. The van der Waals surface area contributed by atoms with E-state index in [1.807, 2.05) is 42.1 Å². The summed E-state index contributed by atoms with van der Waals surface area (Å²) in [5, 5.41) is 7.20. The number of amides is 2. The third-order valence-corrected chi connectivity index (χ3v) is 4.11. The lowest BCUT2D eigenvalue weighted by Crippen LogP contribution is -2.33. The summed E-state index contributed by atoms with van der Waals surface area (Å²) in [6.45, 7) is 2.64. The molecular weight excluding hydrogens is 318 g/mol. The topological polar surface area (TPSA) is 76.2 Å². The smallest absolute Gasteiger partial charge is 0.323 e. The number of urea groups is 1. The Bertz CT molecular complexity index is 798. The number of aryl methyl sites for hydroxylation is 2. The van der Waals surface area contributed by atoms with Crippen molar-refractivity contribution in [2.45, 2.75) is 25.9 Å². The summed E-state index contributed by atoms with van der Waals surface area (Å²) in [6, 6.07) is 9.01. The minimum absolute atomic E-state index is 0.163. The predicted molar refractivity (Wildman–Crippen MR) is 94.1 cm³/mol. The van der Waals surface area contributed by atoms with Gasteiger partial charge in [0.15, 0.2) is 5.82 Å². The molecule has 2 amide bonds. The Morgan fingerprint density at radius 3 is 2.84 bits per heavy atom. The predicted octanol–water partition coefficient (Wildman–Crippen LogP) is 3.34. The van der Waals surface area contributed by atoms with Crippen molar-refractivity contribution < 1.29 is 9.21 Å². The summed E-state index contributed by atoms with van der Waals surface area (Å²) in [7, 11) is 1.73. The van der Waals surface area contributed by atoms with Crippen LogP contribution >= 0.6 is 0 Å². The van der Waals surface area contributed by atoms with Gasteiger partial charge < -0.3 is 9.32 Å². The molecule has 1 atom stereocenters. The molecule has 0 aliphatic rings. The summed E-state index contributed by atoms with van der Waals surface area (Å²) < 4.78 is 7.16. The Morgan fingerprint density at radius 2 is 2.12 bits per heavy atom. The number of anilines is 1. The van der Waals surface area contributed by atoms with Gasteiger partial charge in [-0.2, -0.15) is 5.10 Å². The van der Waals surface area contributed by atoms with Gasteiger partial charge in [-0.25, -0.2) is 4.79 Å². The molecule has 0 saturated carbocycles. The Kier molecular flexibility index (Phi) is 5.13. The number of pyridine rings is 1. The molecule has 0 bridgehead atoms. The van der Waals surface area contributed by atoms with Crippen LogP contribution in [0, 0.1) is 0 Å². The number of rotatable bonds is 6. The molecule has 0 aromatic carbocycles. The fraction of sp³-hybridized carbons (Fsp3) is 0.278. The van der Waals surface area contributed by atoms with Crippen LogP contribution in [0.3, 0.4) is 0 Å². The van der Waals surface area contributed by atoms with Crippen molar-refractivity contribution in [2.75, 3.05) is 12.4 Å². The van der Waals surface area contributed by atoms with E-state index >= 15 is 0 Å². The lowest BCUT2D eigenvalue weighted by molar-refractivity contribution is 0.201. The van der Waals surface area contributed by atoms with Crippen LogP contribution in [-0.2, 0) is 13.0 Å². The average molecular weight is 339 g/mol. The van der Waals surface area contributed by atoms with Crippen molar-refractivity contribution in [2.24, 2.45) is 0 Å². The van der Waals surface area contributed by atoms with Crippen molar-refractivity contribution in [3.05, 3.63) is 66.5 Å². The second kappa shape index (κ2) is 7.65. The fourth-order valence-electron chi connectivity index (χ4n) is 2.44. The molecule has 7 heteroatoms. The highest BCUT2D eigenvalue weighted by Crippen LogP contribution is 2.19. The van der Waals surface area contributed by atoms with Gasteiger partial charge in [0.25, 0.3) is 0 Å². The molecule has 0 radical (unpaired) electrons. The van der Waals surface area contributed by atoms with Gasteiger partial charge in [0.2, 0.25) is 0 Å². The average Bonchev–Trinajstić information content (AvgIpc) is 3.31. The molecule has 0 spiro atoms. The molecule has 7 nitrogen and oxygen atoms in total. The maximum atomic E-state index is 12.4. The first-order chi connectivity index (χ1) is 12.1. The number of nitrogens with one attached hydrogen (secondary N) is 1. The minimum atomic E-state index is -0.233. The van der Waals surface area contributed by atoms with Gasteiger partial charge >= 0.3 is 6.03 Å². The zero-order chi connectivity index (χ0) is 17.6. The first kappa shape index (κ1) is 16.8. The summed E-state index contributed by atoms with van der Waals surface area (Å²) in [4.78, 5) is 17.9. The lowest BCUT2D eigenvalue weighted by atomic mass is 10.2. The van der Waals surface area contributed by atoms with E-state index in [0.29, 0.717) is 5.82 Å². The van der Waals surface area contributed by atoms with Gasteiger partial charge in [0, 0.05) is 38.2 Å². The van der Waals surface area contributed by atoms with E-state index in [4.69, 9.17) is 4.42 Å². The highest BCUT2D eigenvalue weighted by atomic mass is 16.3. The van der Waals surface area contributed by atoms with Crippen molar-refractivity contribution in [3.63, 3.8) is 0 Å². The molecule has 1 unspecified atom stereocenters. The van der Waals surface area contributed by atoms with E-state index in [1.165, 1.54) is 5.56 Å². The van der Waals surface area contributed by atoms with Gasteiger partial charge in [-0.3, -0.25) is 15.0 Å². The maximum absolute atomic E-state index is 12.4. The molecule has 25 heavy (non-hydrogen) atoms. The lowest BCUT2D eigenvalue weighted by Gasteiger charge is -2.23. The molecule has 0 aliphatic carbocycles. The number of aromatic nitrogens is 3. The van der Waals surface area contributed by atoms with Gasteiger partial charge in [-0.1, -0.05) is 0 Å². The van der Waals surface area contributed by atoms with Crippen molar-refractivity contribution in [3.8, 4) is 0 Å². The summed E-state index contributed by atoms with van der Waals surface area (Å²) in [5.74, 6) is 1.26. The molecule has 3 aromatic rings. The largest absolute Gasteiger partial charge is 0.467 e. The molecule has 0 fully saturated rings. The van der Waals surface area contributed by atoms with E-state index in [2.05, 4.69) is 15.4 Å². The van der Waals surface area contributed by atoms with E-state index in [0.717, 1.165) is 18.7 Å². The van der Waals surface area contributed by atoms with Gasteiger partial charge in [-0.05, 0) is 43.2 Å². The fourth-order valence-corrected chi connectivity index (χ4v) is 2.44. The van der Waals surface area contributed by atoms with Crippen molar-refractivity contribution in [1.82, 2.24) is 19.7 Å². The molecule has 1 N–H and O–H groups in total. The number of hydrogen-bond donors (Lipinski definition) is 1. The molecule has 0 saturated heterocycles. The number of hydrogen-bond acceptors (Lipinski definition) is 4. The Balaban J connectivity index is 1.54. The SMILES string of the molecule is CC(c1ccco1)N(C)C(=O)Nc1ccn(CCc2ccncc2)n1. The van der Waals surface area contributed by atoms with E-state index in [1.54, 1.807) is 36.7 Å². The molecule has 3 aromatic heterocycles. The first-order valence-corrected chi connectivity index (χ1v) is 8.13. The van der Waals surface area contributed by atoms with Gasteiger partial charge in [0.05, 0.1) is 12.3 Å². The number of nitrogens with zero attached hydrogens (tertiary/aromatic N) is 4. The van der Waals surface area contributed by atoms with E-state index in [9.17, 15) is 4.79 Å². The number of furan rings is 1. The Hall–Kier alpha value is -3.09.